The van der Waals surface area contributed by atoms with Gasteiger partial charge in [0.25, 0.3) is 0 Å². The number of piperidine rings is 1. The van der Waals surface area contributed by atoms with Gasteiger partial charge in [0.15, 0.2) is 5.67 Å². The van der Waals surface area contributed by atoms with Crippen LogP contribution in [0.25, 0.3) is 5.57 Å². The number of rotatable bonds is 11. The summed E-state index contributed by atoms with van der Waals surface area (Å²) in [6, 6.07) is 15.5. The summed E-state index contributed by atoms with van der Waals surface area (Å²) in [5, 5.41) is 9.10. The zero-order chi connectivity index (χ0) is 31.3. The Morgan fingerprint density at radius 3 is 2.16 bits per heavy atom. The summed E-state index contributed by atoms with van der Waals surface area (Å²) >= 11 is 0. The molecule has 0 saturated carbocycles. The van der Waals surface area contributed by atoms with Crippen LogP contribution in [0.3, 0.4) is 0 Å². The quantitative estimate of drug-likeness (QED) is 0.385. The van der Waals surface area contributed by atoms with Crippen molar-refractivity contribution in [2.75, 3.05) is 59.0 Å². The van der Waals surface area contributed by atoms with Gasteiger partial charge in [-0.1, -0.05) is 30.3 Å². The average Bonchev–Trinajstić information content (AvgIpc) is 3.02. The first-order valence-electron chi connectivity index (χ1n) is 15.4. The molecular formula is C33H42FN3O6S. The van der Waals surface area contributed by atoms with Gasteiger partial charge in [-0.15, -0.1) is 0 Å². The summed E-state index contributed by atoms with van der Waals surface area (Å²) in [7, 11) is -3.69. The van der Waals surface area contributed by atoms with Crippen molar-refractivity contribution in [2.24, 2.45) is 0 Å². The molecule has 2 heterocycles. The summed E-state index contributed by atoms with van der Waals surface area (Å²) in [4.78, 5) is 15.8. The third-order valence-electron chi connectivity index (χ3n) is 8.62. The number of nitrogens with zero attached hydrogens (tertiary/aromatic N) is 3. The number of piperazine rings is 1. The Hall–Kier alpha value is -3.25. The summed E-state index contributed by atoms with van der Waals surface area (Å²) in [6.45, 7) is 8.74. The number of alkyl halides is 1. The van der Waals surface area contributed by atoms with Crippen molar-refractivity contribution in [3.05, 3.63) is 83.3 Å². The van der Waals surface area contributed by atoms with E-state index in [0.29, 0.717) is 50.7 Å². The lowest BCUT2D eigenvalue weighted by atomic mass is 9.87. The van der Waals surface area contributed by atoms with Gasteiger partial charge in [-0.3, -0.25) is 9.80 Å². The van der Waals surface area contributed by atoms with Gasteiger partial charge in [0.2, 0.25) is 10.0 Å². The Bertz CT molecular complexity index is 1460. The summed E-state index contributed by atoms with van der Waals surface area (Å²) in [5.41, 5.74) is 0.190. The summed E-state index contributed by atoms with van der Waals surface area (Å²) < 4.78 is 56.3. The van der Waals surface area contributed by atoms with E-state index in [1.54, 1.807) is 6.08 Å². The number of halogens is 1. The molecular weight excluding hydrogens is 585 g/mol. The Labute approximate surface area is 259 Å². The second kappa shape index (κ2) is 13.8. The highest BCUT2D eigenvalue weighted by Crippen LogP contribution is 2.41. The standard InChI is InChI=1S/C33H42FN3O6S/c1-3-42-29-22-33(34,23-30(43-4-2)31(29)25-8-6-5-7-9-25)24-35-18-20-36(21-19-35)27-14-16-37(17-15-27)44(40,41)28-12-10-26(11-13-28)32(38)39/h5-13,22,27H,3-4,14-21,23-24H2,1-2H3,(H,38,39). The molecule has 1 N–H and O–H groups in total. The maximum absolute atomic E-state index is 16.6. The van der Waals surface area contributed by atoms with Crippen molar-refractivity contribution < 1.29 is 32.2 Å². The van der Waals surface area contributed by atoms with Crippen molar-refractivity contribution in [1.82, 2.24) is 14.1 Å². The van der Waals surface area contributed by atoms with Gasteiger partial charge in [-0.2, -0.15) is 4.31 Å². The molecule has 9 nitrogen and oxygen atoms in total. The summed E-state index contributed by atoms with van der Waals surface area (Å²) in [6.07, 6.45) is 3.21. The number of carboxylic acid groups (broad SMARTS) is 1. The number of carboxylic acids is 1. The molecule has 2 fully saturated rings. The number of allylic oxidation sites excluding steroid dienone is 2. The minimum atomic E-state index is -3.69. The first-order valence-corrected chi connectivity index (χ1v) is 16.8. The fraction of sp³-hybridized carbons (Fsp3) is 0.485. The molecule has 1 unspecified atom stereocenters. The van der Waals surface area contributed by atoms with E-state index in [2.05, 4.69) is 9.80 Å². The van der Waals surface area contributed by atoms with Gasteiger partial charge in [0.05, 0.1) is 29.2 Å². The first-order chi connectivity index (χ1) is 21.1. The monoisotopic (exact) mass is 627 g/mol. The van der Waals surface area contributed by atoms with Crippen molar-refractivity contribution in [1.29, 1.82) is 0 Å². The predicted octanol–water partition coefficient (Wildman–Crippen LogP) is 4.64. The number of aromatic carboxylic acids is 1. The van der Waals surface area contributed by atoms with Crippen LogP contribution in [0.5, 0.6) is 0 Å². The lowest BCUT2D eigenvalue weighted by molar-refractivity contribution is 0.0408. The molecule has 0 spiro atoms. The Balaban J connectivity index is 1.17. The largest absolute Gasteiger partial charge is 0.497 e. The van der Waals surface area contributed by atoms with Crippen LogP contribution in [0.4, 0.5) is 4.39 Å². The Morgan fingerprint density at radius 2 is 1.57 bits per heavy atom. The molecule has 2 saturated heterocycles. The number of ether oxygens (including phenoxy) is 2. The van der Waals surface area contributed by atoms with E-state index in [1.807, 2.05) is 44.2 Å². The molecule has 11 heteroatoms. The van der Waals surface area contributed by atoms with E-state index in [0.717, 1.165) is 37.3 Å². The zero-order valence-electron chi connectivity index (χ0n) is 25.5. The molecule has 238 valence electrons. The minimum absolute atomic E-state index is 0.0536. The van der Waals surface area contributed by atoms with E-state index in [1.165, 1.54) is 28.6 Å². The molecule has 3 aliphatic rings. The smallest absolute Gasteiger partial charge is 0.335 e. The van der Waals surface area contributed by atoms with Crippen LogP contribution in [0.1, 0.15) is 49.0 Å². The first kappa shape index (κ1) is 32.2. The number of hydrogen-bond acceptors (Lipinski definition) is 7. The van der Waals surface area contributed by atoms with Crippen molar-refractivity contribution >= 4 is 21.6 Å². The molecule has 0 amide bonds. The number of carbonyl (C=O) groups is 1. The molecule has 2 aromatic carbocycles. The number of benzene rings is 2. The second-order valence-corrected chi connectivity index (χ2v) is 13.5. The van der Waals surface area contributed by atoms with Crippen LogP contribution >= 0.6 is 0 Å². The maximum atomic E-state index is 16.6. The van der Waals surface area contributed by atoms with Gasteiger partial charge in [0, 0.05) is 58.3 Å². The van der Waals surface area contributed by atoms with Crippen molar-refractivity contribution in [3.63, 3.8) is 0 Å². The lowest BCUT2D eigenvalue weighted by Gasteiger charge is -2.44. The molecule has 0 radical (unpaired) electrons. The number of hydrogen-bond donors (Lipinski definition) is 1. The predicted molar refractivity (Wildman–Crippen MR) is 166 cm³/mol. The second-order valence-electron chi connectivity index (χ2n) is 11.5. The third-order valence-corrected chi connectivity index (χ3v) is 10.5. The third kappa shape index (κ3) is 7.17. The van der Waals surface area contributed by atoms with Crippen LogP contribution in [0.2, 0.25) is 0 Å². The van der Waals surface area contributed by atoms with Crippen LogP contribution in [0, 0.1) is 0 Å². The van der Waals surface area contributed by atoms with E-state index >= 15 is 4.39 Å². The van der Waals surface area contributed by atoms with Crippen molar-refractivity contribution in [2.45, 2.75) is 49.7 Å². The van der Waals surface area contributed by atoms with E-state index in [9.17, 15) is 13.2 Å². The molecule has 1 aliphatic carbocycles. The Kier molecular flexibility index (Phi) is 10.1. The van der Waals surface area contributed by atoms with E-state index < -0.39 is 21.7 Å². The van der Waals surface area contributed by atoms with Gasteiger partial charge in [-0.05, 0) is 62.6 Å². The molecule has 0 bridgehead atoms. The SMILES string of the molecule is CCOC1=CC(F)(CN2CCN(C3CCN(S(=O)(=O)c4ccc(C(=O)O)cc4)CC3)CC2)CC(OCC)=C1c1ccccc1. The topological polar surface area (TPSA) is 99.6 Å². The van der Waals surface area contributed by atoms with E-state index in [-0.39, 0.29) is 29.5 Å². The average molecular weight is 628 g/mol. The lowest BCUT2D eigenvalue weighted by Crippen LogP contribution is -2.55. The van der Waals surface area contributed by atoms with Crippen molar-refractivity contribution in [3.8, 4) is 0 Å². The highest BCUT2D eigenvalue weighted by molar-refractivity contribution is 7.89. The molecule has 44 heavy (non-hydrogen) atoms. The normalized spacial score (nSPS) is 22.9. The van der Waals surface area contributed by atoms with E-state index in [4.69, 9.17) is 14.6 Å². The van der Waals surface area contributed by atoms with Crippen LogP contribution in [-0.2, 0) is 19.5 Å². The molecule has 5 rings (SSSR count). The maximum Gasteiger partial charge on any atom is 0.335 e. The van der Waals surface area contributed by atoms with Crippen LogP contribution in [0.15, 0.2) is 77.1 Å². The highest BCUT2D eigenvalue weighted by Gasteiger charge is 2.40. The number of sulfonamides is 1. The molecule has 2 aromatic rings. The fourth-order valence-corrected chi connectivity index (χ4v) is 7.92. The fourth-order valence-electron chi connectivity index (χ4n) is 6.45. The zero-order valence-corrected chi connectivity index (χ0v) is 26.3. The van der Waals surface area contributed by atoms with Crippen LogP contribution in [-0.4, -0.2) is 104 Å². The van der Waals surface area contributed by atoms with Crippen LogP contribution < -0.4 is 0 Å². The van der Waals surface area contributed by atoms with Gasteiger partial charge in [0.1, 0.15) is 11.5 Å². The van der Waals surface area contributed by atoms with Gasteiger partial charge < -0.3 is 14.6 Å². The molecule has 1 atom stereocenters. The Morgan fingerprint density at radius 1 is 0.932 bits per heavy atom. The van der Waals surface area contributed by atoms with Gasteiger partial charge in [-0.25, -0.2) is 17.6 Å². The highest BCUT2D eigenvalue weighted by atomic mass is 32.2. The molecule has 2 aliphatic heterocycles. The van der Waals surface area contributed by atoms with Gasteiger partial charge >= 0.3 is 5.97 Å². The summed E-state index contributed by atoms with van der Waals surface area (Å²) in [5.74, 6) is 0.0470. The molecule has 0 aromatic heterocycles. The minimum Gasteiger partial charge on any atom is -0.497 e.